The first kappa shape index (κ1) is 8.28. The Morgan fingerprint density at radius 2 is 1.69 bits per heavy atom. The van der Waals surface area contributed by atoms with E-state index in [0.717, 1.165) is 17.8 Å². The molecule has 4 bridgehead atoms. The summed E-state index contributed by atoms with van der Waals surface area (Å²) in [5.41, 5.74) is 0.700. The van der Waals surface area contributed by atoms with Gasteiger partial charge in [-0.1, -0.05) is 6.92 Å². The SMILES string of the molecule is COC1[C@@H]2CC3C[C@H]1CC(C)(C3)C2. The largest absolute Gasteiger partial charge is 0.381 e. The molecule has 0 heterocycles. The molecule has 0 radical (unpaired) electrons. The van der Waals surface area contributed by atoms with Crippen LogP contribution in [0.1, 0.15) is 39.0 Å². The van der Waals surface area contributed by atoms with Crippen LogP contribution in [0.5, 0.6) is 0 Å². The summed E-state index contributed by atoms with van der Waals surface area (Å²) in [5.74, 6) is 2.86. The van der Waals surface area contributed by atoms with Gasteiger partial charge in [0.05, 0.1) is 6.10 Å². The van der Waals surface area contributed by atoms with E-state index in [1.54, 1.807) is 0 Å². The third kappa shape index (κ3) is 1.09. The van der Waals surface area contributed by atoms with Crippen molar-refractivity contribution in [3.63, 3.8) is 0 Å². The van der Waals surface area contributed by atoms with Crippen molar-refractivity contribution in [2.75, 3.05) is 7.11 Å². The molecule has 0 N–H and O–H groups in total. The molecule has 74 valence electrons. The standard InChI is InChI=1S/C12H20O/c1-12-5-8-3-9(6-12)11(13-2)10(4-8)7-12/h8-11H,3-7H2,1-2H3/t8?,9-,10+,11?,12?. The minimum atomic E-state index is 0.615. The Hall–Kier alpha value is -0.0400. The van der Waals surface area contributed by atoms with Gasteiger partial charge in [-0.25, -0.2) is 0 Å². The van der Waals surface area contributed by atoms with Gasteiger partial charge in [-0.15, -0.1) is 0 Å². The fraction of sp³-hybridized carbons (Fsp3) is 1.00. The maximum atomic E-state index is 5.67. The monoisotopic (exact) mass is 180 g/mol. The van der Waals surface area contributed by atoms with Crippen molar-refractivity contribution in [2.24, 2.45) is 23.2 Å². The Labute approximate surface area is 80.8 Å². The van der Waals surface area contributed by atoms with Gasteiger partial charge in [-0.05, 0) is 55.3 Å². The molecule has 1 nitrogen and oxygen atoms in total. The van der Waals surface area contributed by atoms with Gasteiger partial charge >= 0.3 is 0 Å². The van der Waals surface area contributed by atoms with Crippen LogP contribution < -0.4 is 0 Å². The van der Waals surface area contributed by atoms with E-state index in [1.807, 2.05) is 7.11 Å². The van der Waals surface area contributed by atoms with Gasteiger partial charge < -0.3 is 4.74 Å². The maximum absolute atomic E-state index is 5.67. The highest BCUT2D eigenvalue weighted by Crippen LogP contribution is 2.60. The lowest BCUT2D eigenvalue weighted by Crippen LogP contribution is -2.53. The van der Waals surface area contributed by atoms with Gasteiger partial charge in [0.1, 0.15) is 0 Å². The van der Waals surface area contributed by atoms with Crippen LogP contribution in [0.4, 0.5) is 0 Å². The molecular formula is C12H20O. The molecule has 0 aliphatic heterocycles. The van der Waals surface area contributed by atoms with Crippen molar-refractivity contribution in [2.45, 2.75) is 45.1 Å². The molecule has 3 unspecified atom stereocenters. The quantitative estimate of drug-likeness (QED) is 0.603. The number of methoxy groups -OCH3 is 1. The third-order valence-electron chi connectivity index (χ3n) is 4.77. The third-order valence-corrected chi connectivity index (χ3v) is 4.77. The van der Waals surface area contributed by atoms with Crippen LogP contribution in [0, 0.1) is 23.2 Å². The minimum absolute atomic E-state index is 0.615. The van der Waals surface area contributed by atoms with Gasteiger partial charge in [0.2, 0.25) is 0 Å². The number of hydrogen-bond donors (Lipinski definition) is 0. The predicted molar refractivity (Wildman–Crippen MR) is 52.5 cm³/mol. The molecule has 0 aromatic heterocycles. The van der Waals surface area contributed by atoms with E-state index in [4.69, 9.17) is 4.74 Å². The van der Waals surface area contributed by atoms with Gasteiger partial charge in [0.15, 0.2) is 0 Å². The summed E-state index contributed by atoms with van der Waals surface area (Å²) < 4.78 is 5.67. The first-order valence-corrected chi connectivity index (χ1v) is 5.73. The molecule has 0 spiro atoms. The summed E-state index contributed by atoms with van der Waals surface area (Å²) >= 11 is 0. The molecule has 4 aliphatic carbocycles. The van der Waals surface area contributed by atoms with Crippen molar-refractivity contribution in [3.05, 3.63) is 0 Å². The molecule has 4 saturated carbocycles. The molecule has 0 saturated heterocycles. The van der Waals surface area contributed by atoms with Crippen molar-refractivity contribution < 1.29 is 4.74 Å². The maximum Gasteiger partial charge on any atom is 0.0628 e. The molecule has 0 aromatic carbocycles. The molecular weight excluding hydrogens is 160 g/mol. The highest BCUT2D eigenvalue weighted by atomic mass is 16.5. The predicted octanol–water partition coefficient (Wildman–Crippen LogP) is 2.85. The molecule has 5 atom stereocenters. The van der Waals surface area contributed by atoms with Crippen LogP contribution in [-0.2, 0) is 4.74 Å². The Morgan fingerprint density at radius 1 is 1.08 bits per heavy atom. The topological polar surface area (TPSA) is 9.23 Å². The highest BCUT2D eigenvalue weighted by molar-refractivity contribution is 5.03. The Balaban J connectivity index is 1.90. The van der Waals surface area contributed by atoms with E-state index in [-0.39, 0.29) is 0 Å². The van der Waals surface area contributed by atoms with E-state index < -0.39 is 0 Å². The van der Waals surface area contributed by atoms with Crippen LogP contribution in [0.25, 0.3) is 0 Å². The summed E-state index contributed by atoms with van der Waals surface area (Å²) in [6.07, 6.45) is 7.94. The average molecular weight is 180 g/mol. The van der Waals surface area contributed by atoms with Gasteiger partial charge in [-0.2, -0.15) is 0 Å². The fourth-order valence-corrected chi connectivity index (χ4v) is 4.77. The molecule has 4 rings (SSSR count). The lowest BCUT2D eigenvalue weighted by Gasteiger charge is -2.58. The number of ether oxygens (including phenoxy) is 1. The normalized spacial score (nSPS) is 58.6. The zero-order chi connectivity index (χ0) is 9.05. The average Bonchev–Trinajstić information content (AvgIpc) is 2.00. The first-order valence-electron chi connectivity index (χ1n) is 5.73. The first-order chi connectivity index (χ1) is 6.20. The zero-order valence-corrected chi connectivity index (χ0v) is 8.75. The summed E-state index contributed by atoms with van der Waals surface area (Å²) in [6, 6.07) is 0. The van der Waals surface area contributed by atoms with E-state index in [0.29, 0.717) is 11.5 Å². The zero-order valence-electron chi connectivity index (χ0n) is 8.75. The summed E-state index contributed by atoms with van der Waals surface area (Å²) in [7, 11) is 1.91. The van der Waals surface area contributed by atoms with Crippen LogP contribution in [0.2, 0.25) is 0 Å². The molecule has 1 heteroatoms. The van der Waals surface area contributed by atoms with Crippen molar-refractivity contribution in [1.82, 2.24) is 0 Å². The number of hydrogen-bond acceptors (Lipinski definition) is 1. The Kier molecular flexibility index (Phi) is 1.59. The summed E-state index contributed by atoms with van der Waals surface area (Å²) in [5, 5.41) is 0. The molecule has 13 heavy (non-hydrogen) atoms. The van der Waals surface area contributed by atoms with E-state index in [2.05, 4.69) is 6.92 Å². The fourth-order valence-electron chi connectivity index (χ4n) is 4.77. The highest BCUT2D eigenvalue weighted by Gasteiger charge is 2.53. The second kappa shape index (κ2) is 2.50. The molecule has 4 fully saturated rings. The number of rotatable bonds is 1. The van der Waals surface area contributed by atoms with Crippen LogP contribution in [0.15, 0.2) is 0 Å². The van der Waals surface area contributed by atoms with Crippen LogP contribution in [-0.4, -0.2) is 13.2 Å². The van der Waals surface area contributed by atoms with Gasteiger partial charge in [0, 0.05) is 7.11 Å². The van der Waals surface area contributed by atoms with Gasteiger partial charge in [0.25, 0.3) is 0 Å². The molecule has 0 amide bonds. The summed E-state index contributed by atoms with van der Waals surface area (Å²) in [4.78, 5) is 0. The van der Waals surface area contributed by atoms with Crippen LogP contribution in [0.3, 0.4) is 0 Å². The van der Waals surface area contributed by atoms with Crippen LogP contribution >= 0.6 is 0 Å². The second-order valence-electron chi connectivity index (χ2n) is 5.98. The molecule has 4 aliphatic rings. The Bertz CT molecular complexity index is 207. The Morgan fingerprint density at radius 3 is 2.15 bits per heavy atom. The van der Waals surface area contributed by atoms with E-state index in [1.165, 1.54) is 32.1 Å². The lowest BCUT2D eigenvalue weighted by atomic mass is 9.49. The van der Waals surface area contributed by atoms with Gasteiger partial charge in [-0.3, -0.25) is 0 Å². The van der Waals surface area contributed by atoms with E-state index >= 15 is 0 Å². The van der Waals surface area contributed by atoms with Crippen molar-refractivity contribution in [1.29, 1.82) is 0 Å². The van der Waals surface area contributed by atoms with Crippen molar-refractivity contribution in [3.8, 4) is 0 Å². The van der Waals surface area contributed by atoms with E-state index in [9.17, 15) is 0 Å². The minimum Gasteiger partial charge on any atom is -0.381 e. The lowest BCUT2D eigenvalue weighted by molar-refractivity contribution is -0.141. The smallest absolute Gasteiger partial charge is 0.0628 e. The van der Waals surface area contributed by atoms with Crippen molar-refractivity contribution >= 4 is 0 Å². The second-order valence-corrected chi connectivity index (χ2v) is 5.98. The summed E-state index contributed by atoms with van der Waals surface area (Å²) in [6.45, 7) is 2.50. The molecule has 0 aromatic rings.